The van der Waals surface area contributed by atoms with E-state index >= 15 is 0 Å². The van der Waals surface area contributed by atoms with E-state index in [1.807, 2.05) is 32.0 Å². The van der Waals surface area contributed by atoms with E-state index in [4.69, 9.17) is 0 Å². The second kappa shape index (κ2) is 8.20. The number of aromatic hydroxyl groups is 1. The molecule has 1 aromatic carbocycles. The molecule has 0 radical (unpaired) electrons. The predicted octanol–water partition coefficient (Wildman–Crippen LogP) is 1.70. The molecule has 0 bridgehead atoms. The van der Waals surface area contributed by atoms with Crippen molar-refractivity contribution in [1.29, 1.82) is 0 Å². The highest BCUT2D eigenvalue weighted by molar-refractivity contribution is 6.25. The Kier molecular flexibility index (Phi) is 5.84. The first-order valence-corrected chi connectivity index (χ1v) is 11.7. The molecule has 0 aromatic heterocycles. The molecule has 0 unspecified atom stereocenters. The number of aliphatic hydroxyl groups excluding tert-OH is 2. The molecule has 4 N–H and O–H groups in total. The van der Waals surface area contributed by atoms with Crippen LogP contribution in [0.15, 0.2) is 23.0 Å². The Morgan fingerprint density at radius 1 is 1.14 bits per heavy atom. The minimum absolute atomic E-state index is 0.105. The third-order valence-corrected chi connectivity index (χ3v) is 7.74. The van der Waals surface area contributed by atoms with Crippen molar-refractivity contribution >= 4 is 28.8 Å². The van der Waals surface area contributed by atoms with Crippen LogP contribution < -0.4 is 4.90 Å². The number of phenolic OH excluding ortho intramolecular Hbond substituents is 1. The number of rotatable bonds is 4. The third-order valence-electron chi connectivity index (χ3n) is 7.74. The van der Waals surface area contributed by atoms with Gasteiger partial charge in [0.15, 0.2) is 17.2 Å². The first-order valence-electron chi connectivity index (χ1n) is 11.7. The van der Waals surface area contributed by atoms with Gasteiger partial charge in [0.25, 0.3) is 0 Å². The Balaban J connectivity index is 2.01. The number of fused-ring (bicyclic) bond motifs is 3. The van der Waals surface area contributed by atoms with Gasteiger partial charge in [-0.25, -0.2) is 0 Å². The highest BCUT2D eigenvalue weighted by Crippen LogP contribution is 2.54. The fourth-order valence-electron chi connectivity index (χ4n) is 6.12. The molecule has 0 amide bonds. The van der Waals surface area contributed by atoms with E-state index in [1.165, 1.54) is 4.90 Å². The van der Waals surface area contributed by atoms with Gasteiger partial charge in [0, 0.05) is 31.3 Å². The van der Waals surface area contributed by atoms with Crippen LogP contribution in [0.2, 0.25) is 0 Å². The second-order valence-electron chi connectivity index (χ2n) is 10.2. The number of carbonyl (C=O) groups excluding carboxylic acids is 3. The number of hydrogen-bond donors (Lipinski definition) is 4. The van der Waals surface area contributed by atoms with Crippen LogP contribution in [0.5, 0.6) is 5.75 Å². The average Bonchev–Trinajstić information content (AvgIpc) is 2.75. The number of carbonyl (C=O) groups is 3. The molecular formula is C26H32N2O7. The van der Waals surface area contributed by atoms with Crippen LogP contribution in [0, 0.1) is 11.8 Å². The van der Waals surface area contributed by atoms with Crippen LogP contribution in [0.25, 0.3) is 5.76 Å². The number of nitrogens with zero attached hydrogens (tertiary/aromatic N) is 2. The van der Waals surface area contributed by atoms with Gasteiger partial charge in [0.05, 0.1) is 11.6 Å². The lowest BCUT2D eigenvalue weighted by Gasteiger charge is -2.50. The zero-order valence-electron chi connectivity index (χ0n) is 20.8. The van der Waals surface area contributed by atoms with Crippen LogP contribution in [0.1, 0.15) is 37.0 Å². The second-order valence-corrected chi connectivity index (χ2v) is 10.2. The molecule has 0 aliphatic heterocycles. The summed E-state index contributed by atoms with van der Waals surface area (Å²) in [5, 5.41) is 45.0. The molecule has 3 aliphatic rings. The van der Waals surface area contributed by atoms with Crippen molar-refractivity contribution < 1.29 is 34.8 Å². The summed E-state index contributed by atoms with van der Waals surface area (Å²) in [7, 11) is 6.92. The standard InChI is InChI=1S/C26H32N2O7/c1-7-12-10-16(27(3)4)14-8-13-9-15-20(28(5)6)23(32)17(11(2)29)24(33)26(15,35)25(34)18(13)22(31)19(14)21(12)30/h10,13,15,20,30-31,33,35H,7-9H2,1-6H3/t13-,15-,20+,26+/m0/s1. The molecule has 4 rings (SSSR count). The number of aryl methyl sites for hydroxylation is 1. The van der Waals surface area contributed by atoms with Gasteiger partial charge in [-0.3, -0.25) is 19.3 Å². The van der Waals surface area contributed by atoms with Gasteiger partial charge in [-0.05, 0) is 63.4 Å². The SMILES string of the molecule is CCc1cc(N(C)C)c2c(c1O)C(O)=C1C(=O)[C@]3(O)C(O)=C(C(C)=O)C(=O)[C@H](N(C)C)[C@@H]3C[C@@H]1C2. The average molecular weight is 485 g/mol. The van der Waals surface area contributed by atoms with E-state index < -0.39 is 57.9 Å². The monoisotopic (exact) mass is 484 g/mol. The van der Waals surface area contributed by atoms with Crippen molar-refractivity contribution in [2.45, 2.75) is 44.8 Å². The van der Waals surface area contributed by atoms with E-state index in [0.717, 1.165) is 12.6 Å². The van der Waals surface area contributed by atoms with Crippen molar-refractivity contribution in [1.82, 2.24) is 4.90 Å². The van der Waals surface area contributed by atoms with Crippen molar-refractivity contribution in [2.24, 2.45) is 11.8 Å². The number of likely N-dealkylation sites (N-methyl/N-ethyl adjacent to an activating group) is 1. The van der Waals surface area contributed by atoms with Crippen LogP contribution >= 0.6 is 0 Å². The Bertz CT molecular complexity index is 1230. The molecule has 3 aliphatic carbocycles. The van der Waals surface area contributed by atoms with Crippen molar-refractivity contribution in [3.8, 4) is 5.75 Å². The summed E-state index contributed by atoms with van der Waals surface area (Å²) < 4.78 is 0. The van der Waals surface area contributed by atoms with Crippen molar-refractivity contribution in [2.75, 3.05) is 33.1 Å². The number of benzene rings is 1. The van der Waals surface area contributed by atoms with Crippen molar-refractivity contribution in [3.63, 3.8) is 0 Å². The van der Waals surface area contributed by atoms with Gasteiger partial charge in [-0.15, -0.1) is 0 Å². The summed E-state index contributed by atoms with van der Waals surface area (Å²) in [4.78, 5) is 42.7. The van der Waals surface area contributed by atoms with Crippen LogP contribution in [0.3, 0.4) is 0 Å². The molecule has 0 saturated heterocycles. The summed E-state index contributed by atoms with van der Waals surface area (Å²) in [6, 6.07) is 0.835. The maximum absolute atomic E-state index is 13.9. The first kappa shape index (κ1) is 24.9. The summed E-state index contributed by atoms with van der Waals surface area (Å²) in [5.74, 6) is -5.49. The quantitative estimate of drug-likeness (QED) is 0.470. The molecular weight excluding hydrogens is 452 g/mol. The first-order chi connectivity index (χ1) is 16.3. The lowest BCUT2D eigenvalue weighted by atomic mass is 9.57. The van der Waals surface area contributed by atoms with E-state index in [1.54, 1.807) is 14.1 Å². The number of ketones is 3. The third kappa shape index (κ3) is 3.25. The Hall–Kier alpha value is -3.17. The van der Waals surface area contributed by atoms with Gasteiger partial charge in [-0.1, -0.05) is 6.92 Å². The van der Waals surface area contributed by atoms with Crippen LogP contribution in [-0.4, -0.2) is 82.5 Å². The summed E-state index contributed by atoms with van der Waals surface area (Å²) in [6.45, 7) is 2.96. The minimum atomic E-state index is -2.55. The van der Waals surface area contributed by atoms with E-state index in [0.29, 0.717) is 17.5 Å². The molecule has 9 nitrogen and oxygen atoms in total. The lowest BCUT2D eigenvalue weighted by molar-refractivity contribution is -0.153. The maximum Gasteiger partial charge on any atom is 0.202 e. The number of anilines is 1. The molecule has 1 fully saturated rings. The fraction of sp³-hybridized carbons (Fsp3) is 0.500. The molecule has 1 aromatic rings. The summed E-state index contributed by atoms with van der Waals surface area (Å²) in [5.41, 5.74) is -1.07. The molecule has 0 heterocycles. The zero-order chi connectivity index (χ0) is 26.1. The topological polar surface area (TPSA) is 139 Å². The van der Waals surface area contributed by atoms with E-state index in [9.17, 15) is 34.8 Å². The molecule has 188 valence electrons. The van der Waals surface area contributed by atoms with Crippen LogP contribution in [0.4, 0.5) is 5.69 Å². The van der Waals surface area contributed by atoms with E-state index in [-0.39, 0.29) is 29.7 Å². The zero-order valence-corrected chi connectivity index (χ0v) is 20.8. The summed E-state index contributed by atoms with van der Waals surface area (Å²) >= 11 is 0. The Morgan fingerprint density at radius 3 is 2.29 bits per heavy atom. The van der Waals surface area contributed by atoms with Gasteiger partial charge in [0.2, 0.25) is 5.78 Å². The predicted molar refractivity (Wildman–Crippen MR) is 129 cm³/mol. The molecule has 0 spiro atoms. The molecule has 1 saturated carbocycles. The maximum atomic E-state index is 13.9. The molecule has 4 atom stereocenters. The highest BCUT2D eigenvalue weighted by Gasteiger charge is 2.64. The number of phenols is 1. The van der Waals surface area contributed by atoms with Gasteiger partial charge < -0.3 is 25.3 Å². The van der Waals surface area contributed by atoms with Gasteiger partial charge in [0.1, 0.15) is 22.8 Å². The lowest BCUT2D eigenvalue weighted by Crippen LogP contribution is -2.65. The van der Waals surface area contributed by atoms with Gasteiger partial charge in [-0.2, -0.15) is 0 Å². The number of hydrogen-bond acceptors (Lipinski definition) is 9. The minimum Gasteiger partial charge on any atom is -0.508 e. The molecule has 35 heavy (non-hydrogen) atoms. The Labute approximate surface area is 204 Å². The van der Waals surface area contributed by atoms with E-state index in [2.05, 4.69) is 0 Å². The smallest absolute Gasteiger partial charge is 0.202 e. The molecule has 9 heteroatoms. The van der Waals surface area contributed by atoms with Crippen LogP contribution in [-0.2, 0) is 27.2 Å². The number of aliphatic hydroxyl groups is 3. The van der Waals surface area contributed by atoms with Crippen molar-refractivity contribution in [3.05, 3.63) is 39.7 Å². The number of Topliss-reactive ketones (excluding diaryl/α,β-unsaturated/α-hetero) is 3. The van der Waals surface area contributed by atoms with Gasteiger partial charge >= 0.3 is 0 Å². The fourth-order valence-corrected chi connectivity index (χ4v) is 6.12. The highest BCUT2D eigenvalue weighted by atomic mass is 16.3. The largest absolute Gasteiger partial charge is 0.508 e. The summed E-state index contributed by atoms with van der Waals surface area (Å²) in [6.07, 6.45) is 0.884. The Morgan fingerprint density at radius 2 is 1.77 bits per heavy atom. The normalized spacial score (nSPS) is 28.2.